The Balaban J connectivity index is 1.54. The molecule has 0 radical (unpaired) electrons. The first-order chi connectivity index (χ1) is 16.9. The Kier molecular flexibility index (Phi) is 6.34. The van der Waals surface area contributed by atoms with Gasteiger partial charge < -0.3 is 0 Å². The number of fused-ring (bicyclic) bond motifs is 1. The molecule has 1 aromatic heterocycles. The van der Waals surface area contributed by atoms with Gasteiger partial charge in [-0.3, -0.25) is 4.79 Å². The van der Waals surface area contributed by atoms with E-state index in [2.05, 4.69) is 15.1 Å². The number of amidine groups is 1. The van der Waals surface area contributed by atoms with E-state index in [0.29, 0.717) is 32.9 Å². The number of halogens is 4. The highest BCUT2D eigenvalue weighted by Crippen LogP contribution is 2.26. The first-order valence-electron chi connectivity index (χ1n) is 10.3. The van der Waals surface area contributed by atoms with Crippen molar-refractivity contribution in [1.29, 1.82) is 0 Å². The second-order valence-corrected chi connectivity index (χ2v) is 8.77. The summed E-state index contributed by atoms with van der Waals surface area (Å²) in [6.45, 7) is 0. The van der Waals surface area contributed by atoms with Crippen LogP contribution in [0.15, 0.2) is 88.6 Å². The van der Waals surface area contributed by atoms with E-state index >= 15 is 0 Å². The summed E-state index contributed by atoms with van der Waals surface area (Å²) in [5, 5.41) is 6.73. The summed E-state index contributed by atoms with van der Waals surface area (Å²) in [6, 6.07) is 20.5. The summed E-state index contributed by atoms with van der Waals surface area (Å²) in [7, 11) is 0. The van der Waals surface area contributed by atoms with Crippen molar-refractivity contribution >= 4 is 69.7 Å². The van der Waals surface area contributed by atoms with Crippen LogP contribution in [0.1, 0.15) is 16.7 Å². The van der Waals surface area contributed by atoms with Gasteiger partial charge in [-0.25, -0.2) is 14.4 Å². The Morgan fingerprint density at radius 2 is 1.69 bits per heavy atom. The Hall–Kier alpha value is -3.58. The predicted molar refractivity (Wildman–Crippen MR) is 139 cm³/mol. The molecule has 5 nitrogen and oxygen atoms in total. The third kappa shape index (κ3) is 4.82. The van der Waals surface area contributed by atoms with E-state index in [1.807, 2.05) is 30.3 Å². The minimum atomic E-state index is -0.573. The smallest absolute Gasteiger partial charge is 0.265 e. The molecule has 0 fully saturated rings. The normalized spacial score (nSPS) is 15.0. The maximum atomic E-state index is 13.9. The molecule has 35 heavy (non-hydrogen) atoms. The number of carbonyl (C=O) groups excluding carboxylic acids is 1. The molecular weight excluding hydrogens is 510 g/mol. The molecule has 1 aliphatic rings. The summed E-state index contributed by atoms with van der Waals surface area (Å²) >= 11 is 18.1. The van der Waals surface area contributed by atoms with Gasteiger partial charge in [-0.2, -0.15) is 10.1 Å². The monoisotopic (exact) mass is 522 g/mol. The Morgan fingerprint density at radius 3 is 2.43 bits per heavy atom. The van der Waals surface area contributed by atoms with Gasteiger partial charge in [-0.05, 0) is 42.0 Å². The van der Waals surface area contributed by atoms with E-state index in [-0.39, 0.29) is 15.9 Å². The van der Waals surface area contributed by atoms with Crippen LogP contribution in [0.2, 0.25) is 15.2 Å². The molecule has 0 bridgehead atoms. The number of rotatable bonds is 4. The Morgan fingerprint density at radius 1 is 0.943 bits per heavy atom. The molecule has 4 aromatic rings. The first-order valence-corrected chi connectivity index (χ1v) is 11.5. The fourth-order valence-corrected chi connectivity index (χ4v) is 3.96. The zero-order valence-electron chi connectivity index (χ0n) is 17.8. The standard InChI is InChI=1S/C26H14Cl3FN4O/c27-19-8-6-15(7-9-19)10-23-26(35)34(25(33-23)16-4-2-1-3-5-16)31-14-18-11-17-12-21(30)20(28)13-22(17)32-24(18)29/h1-14H. The average molecular weight is 524 g/mol. The molecule has 172 valence electrons. The van der Waals surface area contributed by atoms with E-state index in [0.717, 1.165) is 5.56 Å². The third-order valence-electron chi connectivity index (χ3n) is 5.19. The SMILES string of the molecule is O=C1C(=Cc2ccc(Cl)cc2)N=C(c2ccccc2)N1N=Cc1cc2cc(F)c(Cl)cc2nc1Cl. The number of hydrogen-bond donors (Lipinski definition) is 0. The number of amides is 1. The summed E-state index contributed by atoms with van der Waals surface area (Å²) in [5.41, 5.74) is 2.52. The number of aromatic nitrogens is 1. The lowest BCUT2D eigenvalue weighted by molar-refractivity contribution is -0.122. The van der Waals surface area contributed by atoms with Gasteiger partial charge in [0.1, 0.15) is 16.7 Å². The molecule has 1 aliphatic heterocycles. The van der Waals surface area contributed by atoms with Crippen molar-refractivity contribution < 1.29 is 9.18 Å². The lowest BCUT2D eigenvalue weighted by Gasteiger charge is -2.12. The highest BCUT2D eigenvalue weighted by Gasteiger charge is 2.31. The molecule has 0 atom stereocenters. The molecule has 0 saturated heterocycles. The summed E-state index contributed by atoms with van der Waals surface area (Å²) in [6.07, 6.45) is 3.05. The third-order valence-corrected chi connectivity index (χ3v) is 6.04. The van der Waals surface area contributed by atoms with Crippen LogP contribution in [0.4, 0.5) is 4.39 Å². The van der Waals surface area contributed by atoms with Gasteiger partial charge >= 0.3 is 0 Å². The van der Waals surface area contributed by atoms with Crippen LogP contribution in [0, 0.1) is 5.82 Å². The Labute approximate surface area is 214 Å². The number of benzene rings is 3. The first kappa shape index (κ1) is 23.2. The van der Waals surface area contributed by atoms with Gasteiger partial charge in [0.2, 0.25) is 0 Å². The van der Waals surface area contributed by atoms with E-state index in [1.54, 1.807) is 36.4 Å². The molecule has 0 N–H and O–H groups in total. The zero-order chi connectivity index (χ0) is 24.5. The van der Waals surface area contributed by atoms with Crippen LogP contribution < -0.4 is 0 Å². The van der Waals surface area contributed by atoms with Crippen LogP contribution in [-0.4, -0.2) is 28.0 Å². The van der Waals surface area contributed by atoms with Crippen LogP contribution in [-0.2, 0) is 4.79 Å². The number of nitrogens with zero attached hydrogens (tertiary/aromatic N) is 4. The quantitative estimate of drug-likeness (QED) is 0.164. The van der Waals surface area contributed by atoms with Crippen LogP contribution in [0.5, 0.6) is 0 Å². The van der Waals surface area contributed by atoms with Gasteiger partial charge in [0.05, 0.1) is 16.8 Å². The maximum Gasteiger partial charge on any atom is 0.298 e. The average Bonchev–Trinajstić information content (AvgIpc) is 3.16. The number of hydrazone groups is 1. The summed E-state index contributed by atoms with van der Waals surface area (Å²) < 4.78 is 13.9. The van der Waals surface area contributed by atoms with Gasteiger partial charge in [0.15, 0.2) is 5.84 Å². The van der Waals surface area contributed by atoms with Crippen LogP contribution >= 0.6 is 34.8 Å². The number of carbonyl (C=O) groups is 1. The van der Waals surface area contributed by atoms with Crippen molar-refractivity contribution in [2.45, 2.75) is 0 Å². The van der Waals surface area contributed by atoms with Crippen molar-refractivity contribution in [2.75, 3.05) is 0 Å². The van der Waals surface area contributed by atoms with E-state index in [9.17, 15) is 9.18 Å². The van der Waals surface area contributed by atoms with Crippen LogP contribution in [0.3, 0.4) is 0 Å². The fourth-order valence-electron chi connectivity index (χ4n) is 3.48. The highest BCUT2D eigenvalue weighted by atomic mass is 35.5. The molecule has 0 spiro atoms. The highest BCUT2D eigenvalue weighted by molar-refractivity contribution is 6.33. The lowest BCUT2D eigenvalue weighted by Crippen LogP contribution is -2.27. The van der Waals surface area contributed by atoms with Crippen molar-refractivity contribution in [3.63, 3.8) is 0 Å². The van der Waals surface area contributed by atoms with E-state index < -0.39 is 11.7 Å². The van der Waals surface area contributed by atoms with Gasteiger partial charge in [-0.15, -0.1) is 0 Å². The Bertz CT molecular complexity index is 1550. The predicted octanol–water partition coefficient (Wildman–Crippen LogP) is 7.00. The molecule has 0 aliphatic carbocycles. The van der Waals surface area contributed by atoms with Crippen molar-refractivity contribution in [1.82, 2.24) is 9.99 Å². The summed E-state index contributed by atoms with van der Waals surface area (Å²) in [4.78, 5) is 22.1. The second kappa shape index (κ2) is 9.58. The molecule has 0 saturated carbocycles. The molecule has 9 heteroatoms. The van der Waals surface area contributed by atoms with Crippen molar-refractivity contribution in [3.05, 3.63) is 116 Å². The van der Waals surface area contributed by atoms with Gasteiger partial charge in [0, 0.05) is 21.5 Å². The topological polar surface area (TPSA) is 57.9 Å². The second-order valence-electron chi connectivity index (χ2n) is 7.57. The molecule has 5 rings (SSSR count). The number of aliphatic imine (C=N–C) groups is 1. The van der Waals surface area contributed by atoms with Gasteiger partial charge in [0.25, 0.3) is 5.91 Å². The van der Waals surface area contributed by atoms with E-state index in [4.69, 9.17) is 34.8 Å². The zero-order valence-corrected chi connectivity index (χ0v) is 20.1. The fraction of sp³-hybridized carbons (Fsp3) is 0. The van der Waals surface area contributed by atoms with E-state index in [1.165, 1.54) is 23.4 Å². The van der Waals surface area contributed by atoms with Gasteiger partial charge in [-0.1, -0.05) is 77.3 Å². The molecule has 3 aromatic carbocycles. The molecular formula is C26H14Cl3FN4O. The minimum Gasteiger partial charge on any atom is -0.265 e. The van der Waals surface area contributed by atoms with Crippen molar-refractivity contribution in [3.8, 4) is 0 Å². The molecule has 0 unspecified atom stereocenters. The minimum absolute atomic E-state index is 0.0473. The maximum absolute atomic E-state index is 13.9. The number of pyridine rings is 1. The van der Waals surface area contributed by atoms with Crippen LogP contribution in [0.25, 0.3) is 17.0 Å². The lowest BCUT2D eigenvalue weighted by atomic mass is 10.1. The number of hydrogen-bond acceptors (Lipinski definition) is 4. The molecule has 2 heterocycles. The largest absolute Gasteiger partial charge is 0.298 e. The molecule has 1 amide bonds. The van der Waals surface area contributed by atoms with Crippen molar-refractivity contribution in [2.24, 2.45) is 10.1 Å². The summed E-state index contributed by atoms with van der Waals surface area (Å²) in [5.74, 6) is -0.635.